The van der Waals surface area contributed by atoms with Gasteiger partial charge in [0.05, 0.1) is 12.8 Å². The molecule has 0 spiro atoms. The third-order valence-electron chi connectivity index (χ3n) is 3.42. The van der Waals surface area contributed by atoms with Crippen LogP contribution in [-0.2, 0) is 0 Å². The maximum absolute atomic E-state index is 12.3. The molecule has 128 valence electrons. The van der Waals surface area contributed by atoms with Gasteiger partial charge in [-0.3, -0.25) is 4.79 Å². The Morgan fingerprint density at radius 1 is 1.24 bits per heavy atom. The van der Waals surface area contributed by atoms with Gasteiger partial charge >= 0.3 is 0 Å². The quantitative estimate of drug-likeness (QED) is 0.652. The van der Waals surface area contributed by atoms with Gasteiger partial charge < -0.3 is 15.4 Å². The predicted octanol–water partition coefficient (Wildman–Crippen LogP) is 5.11. The molecule has 0 unspecified atom stereocenters. The molecule has 0 bridgehead atoms. The van der Waals surface area contributed by atoms with Crippen LogP contribution in [-0.4, -0.2) is 18.0 Å². The average molecular weight is 374 g/mol. The fourth-order valence-electron chi connectivity index (χ4n) is 2.23. The number of hydrogen-bond acceptors (Lipinski definition) is 5. The lowest BCUT2D eigenvalue weighted by Crippen LogP contribution is -2.12. The Bertz CT molecular complexity index is 911. The molecule has 3 rings (SSSR count). The number of nitrogens with one attached hydrogen (secondary N) is 2. The summed E-state index contributed by atoms with van der Waals surface area (Å²) in [5, 5.41) is 8.84. The van der Waals surface area contributed by atoms with Crippen LogP contribution in [0.5, 0.6) is 5.75 Å². The van der Waals surface area contributed by atoms with Gasteiger partial charge in [0, 0.05) is 16.1 Å². The molecule has 0 aliphatic rings. The summed E-state index contributed by atoms with van der Waals surface area (Å²) in [5.41, 5.74) is 2.86. The number of anilines is 3. The van der Waals surface area contributed by atoms with Crippen molar-refractivity contribution in [3.63, 3.8) is 0 Å². The highest BCUT2D eigenvalue weighted by atomic mass is 35.5. The minimum atomic E-state index is -0.289. The molecule has 5 nitrogen and oxygen atoms in total. The van der Waals surface area contributed by atoms with Gasteiger partial charge in [-0.2, -0.15) is 0 Å². The summed E-state index contributed by atoms with van der Waals surface area (Å²) in [6.45, 7) is 2.00. The van der Waals surface area contributed by atoms with Crippen LogP contribution in [0, 0.1) is 6.92 Å². The van der Waals surface area contributed by atoms with Crippen molar-refractivity contribution in [1.29, 1.82) is 0 Å². The van der Waals surface area contributed by atoms with E-state index >= 15 is 0 Å². The molecule has 3 aromatic rings. The van der Waals surface area contributed by atoms with E-state index < -0.39 is 0 Å². The van der Waals surface area contributed by atoms with Crippen molar-refractivity contribution < 1.29 is 9.53 Å². The summed E-state index contributed by atoms with van der Waals surface area (Å²) >= 11 is 7.27. The van der Waals surface area contributed by atoms with Gasteiger partial charge in [-0.05, 0) is 42.8 Å². The lowest BCUT2D eigenvalue weighted by Gasteiger charge is -2.09. The van der Waals surface area contributed by atoms with Crippen molar-refractivity contribution in [1.82, 2.24) is 4.98 Å². The molecule has 0 radical (unpaired) electrons. The molecule has 2 N–H and O–H groups in total. The first-order valence-corrected chi connectivity index (χ1v) is 8.75. The van der Waals surface area contributed by atoms with Gasteiger partial charge in [-0.1, -0.05) is 23.7 Å². The Balaban J connectivity index is 1.74. The number of nitrogens with zero attached hydrogens (tertiary/aromatic N) is 1. The largest absolute Gasteiger partial charge is 0.495 e. The number of amides is 1. The minimum absolute atomic E-state index is 0.289. The summed E-state index contributed by atoms with van der Waals surface area (Å²) in [6, 6.07) is 12.8. The minimum Gasteiger partial charge on any atom is -0.495 e. The Kier molecular flexibility index (Phi) is 5.21. The summed E-state index contributed by atoms with van der Waals surface area (Å²) in [7, 11) is 1.61. The zero-order chi connectivity index (χ0) is 17.8. The molecular formula is C18H16ClN3O2S. The maximum atomic E-state index is 12.3. The average Bonchev–Trinajstić information content (AvgIpc) is 3.04. The molecular weight excluding hydrogens is 358 g/mol. The first-order valence-electron chi connectivity index (χ1n) is 7.49. The van der Waals surface area contributed by atoms with E-state index in [9.17, 15) is 4.79 Å². The topological polar surface area (TPSA) is 63.2 Å². The van der Waals surface area contributed by atoms with Gasteiger partial charge in [0.1, 0.15) is 11.4 Å². The van der Waals surface area contributed by atoms with E-state index in [1.165, 1.54) is 11.3 Å². The molecule has 7 heteroatoms. The molecule has 1 amide bonds. The zero-order valence-electron chi connectivity index (χ0n) is 13.7. The van der Waals surface area contributed by atoms with Gasteiger partial charge in [0.25, 0.3) is 5.91 Å². The van der Waals surface area contributed by atoms with E-state index in [1.807, 2.05) is 25.1 Å². The zero-order valence-corrected chi connectivity index (χ0v) is 15.2. The number of hydrogen-bond donors (Lipinski definition) is 2. The SMILES string of the molecule is COc1ccc(C)cc1Nc1nc(C(=O)Nc2cccc(Cl)c2)cs1. The Hall–Kier alpha value is -2.57. The van der Waals surface area contributed by atoms with E-state index in [0.29, 0.717) is 27.3 Å². The van der Waals surface area contributed by atoms with Crippen LogP contribution in [0.15, 0.2) is 47.8 Å². The fraction of sp³-hybridized carbons (Fsp3) is 0.111. The van der Waals surface area contributed by atoms with E-state index in [2.05, 4.69) is 15.6 Å². The molecule has 25 heavy (non-hydrogen) atoms. The standard InChI is InChI=1S/C18H16ClN3O2S/c1-11-6-7-16(24-2)14(8-11)21-18-22-15(10-25-18)17(23)20-13-5-3-4-12(19)9-13/h3-10H,1-2H3,(H,20,23)(H,21,22). The third-order valence-corrected chi connectivity index (χ3v) is 4.41. The first-order chi connectivity index (χ1) is 12.0. The monoisotopic (exact) mass is 373 g/mol. The van der Waals surface area contributed by atoms with E-state index in [-0.39, 0.29) is 5.91 Å². The molecule has 0 fully saturated rings. The number of benzene rings is 2. The second kappa shape index (κ2) is 7.55. The van der Waals surface area contributed by atoms with Gasteiger partial charge in [0.2, 0.25) is 0 Å². The van der Waals surface area contributed by atoms with Crippen LogP contribution in [0.2, 0.25) is 5.02 Å². The molecule has 2 aromatic carbocycles. The van der Waals surface area contributed by atoms with Gasteiger partial charge in [-0.25, -0.2) is 4.98 Å². The van der Waals surface area contributed by atoms with Crippen molar-refractivity contribution in [2.75, 3.05) is 17.7 Å². The first kappa shape index (κ1) is 17.3. The highest BCUT2D eigenvalue weighted by molar-refractivity contribution is 7.14. The molecule has 0 aliphatic carbocycles. The van der Waals surface area contributed by atoms with E-state index in [1.54, 1.807) is 36.8 Å². The molecule has 1 heterocycles. The van der Waals surface area contributed by atoms with Crippen molar-refractivity contribution in [3.05, 3.63) is 64.1 Å². The number of methoxy groups -OCH3 is 1. The molecule has 0 aliphatic heterocycles. The van der Waals surface area contributed by atoms with E-state index in [0.717, 1.165) is 11.3 Å². The normalized spacial score (nSPS) is 10.4. The van der Waals surface area contributed by atoms with Crippen molar-refractivity contribution in [2.45, 2.75) is 6.92 Å². The number of rotatable bonds is 5. The second-order valence-electron chi connectivity index (χ2n) is 5.33. The number of aryl methyl sites for hydroxylation is 1. The summed E-state index contributed by atoms with van der Waals surface area (Å²) in [5.74, 6) is 0.425. The number of ether oxygens (including phenoxy) is 1. The molecule has 0 saturated carbocycles. The van der Waals surface area contributed by atoms with Crippen LogP contribution < -0.4 is 15.4 Å². The lowest BCUT2D eigenvalue weighted by molar-refractivity contribution is 0.102. The highest BCUT2D eigenvalue weighted by Crippen LogP contribution is 2.30. The number of thiazole rings is 1. The summed E-state index contributed by atoms with van der Waals surface area (Å²) < 4.78 is 5.34. The Labute approximate surface area is 154 Å². The van der Waals surface area contributed by atoms with E-state index in [4.69, 9.17) is 16.3 Å². The highest BCUT2D eigenvalue weighted by Gasteiger charge is 2.13. The maximum Gasteiger partial charge on any atom is 0.275 e. The van der Waals surface area contributed by atoms with Crippen LogP contribution >= 0.6 is 22.9 Å². The summed E-state index contributed by atoms with van der Waals surface area (Å²) in [6.07, 6.45) is 0. The molecule has 1 aromatic heterocycles. The summed E-state index contributed by atoms with van der Waals surface area (Å²) in [4.78, 5) is 16.6. The number of halogens is 1. The Morgan fingerprint density at radius 3 is 2.84 bits per heavy atom. The Morgan fingerprint density at radius 2 is 2.08 bits per heavy atom. The fourth-order valence-corrected chi connectivity index (χ4v) is 3.12. The van der Waals surface area contributed by atoms with Crippen molar-refractivity contribution in [3.8, 4) is 5.75 Å². The predicted molar refractivity (Wildman–Crippen MR) is 103 cm³/mol. The van der Waals surface area contributed by atoms with Crippen LogP contribution in [0.3, 0.4) is 0 Å². The van der Waals surface area contributed by atoms with Crippen molar-refractivity contribution >= 4 is 45.4 Å². The number of carbonyl (C=O) groups excluding carboxylic acids is 1. The van der Waals surface area contributed by atoms with Crippen LogP contribution in [0.25, 0.3) is 0 Å². The number of aromatic nitrogens is 1. The van der Waals surface area contributed by atoms with Gasteiger partial charge in [-0.15, -0.1) is 11.3 Å². The van der Waals surface area contributed by atoms with Crippen LogP contribution in [0.1, 0.15) is 16.1 Å². The van der Waals surface area contributed by atoms with Crippen molar-refractivity contribution in [2.24, 2.45) is 0 Å². The third kappa shape index (κ3) is 4.29. The lowest BCUT2D eigenvalue weighted by atomic mass is 10.2. The number of carbonyl (C=O) groups is 1. The van der Waals surface area contributed by atoms with Crippen LogP contribution in [0.4, 0.5) is 16.5 Å². The smallest absolute Gasteiger partial charge is 0.275 e. The molecule has 0 saturated heterocycles. The second-order valence-corrected chi connectivity index (χ2v) is 6.63. The van der Waals surface area contributed by atoms with Gasteiger partial charge in [0.15, 0.2) is 5.13 Å². The molecule has 0 atom stereocenters.